The summed E-state index contributed by atoms with van der Waals surface area (Å²) in [7, 11) is 1.64. The van der Waals surface area contributed by atoms with E-state index >= 15 is 0 Å². The van der Waals surface area contributed by atoms with Gasteiger partial charge in [0.05, 0.1) is 16.8 Å². The highest BCUT2D eigenvalue weighted by atomic mass is 16.1. The number of para-hydroxylation sites is 1. The normalized spacial score (nSPS) is 12.4. The van der Waals surface area contributed by atoms with E-state index in [0.717, 1.165) is 52.3 Å². The summed E-state index contributed by atoms with van der Waals surface area (Å²) in [4.78, 5) is 34.6. The summed E-state index contributed by atoms with van der Waals surface area (Å²) >= 11 is 0. The number of amides is 1. The van der Waals surface area contributed by atoms with E-state index in [0.29, 0.717) is 5.56 Å². The summed E-state index contributed by atoms with van der Waals surface area (Å²) < 4.78 is 0. The molecule has 4 rings (SSSR count). The van der Waals surface area contributed by atoms with Crippen molar-refractivity contribution < 1.29 is 4.79 Å². The van der Waals surface area contributed by atoms with Crippen molar-refractivity contribution in [2.24, 2.45) is 0 Å². The van der Waals surface area contributed by atoms with Crippen LogP contribution in [0.4, 0.5) is 5.82 Å². The lowest BCUT2D eigenvalue weighted by atomic mass is 9.94. The first-order chi connectivity index (χ1) is 16.8. The highest BCUT2D eigenvalue weighted by molar-refractivity contribution is 6.06. The van der Waals surface area contributed by atoms with Crippen LogP contribution < -0.4 is 10.6 Å². The van der Waals surface area contributed by atoms with Crippen molar-refractivity contribution in [1.29, 1.82) is 0 Å². The first-order valence-corrected chi connectivity index (χ1v) is 11.8. The SMILES string of the molecule is CNC(=O)c1ccnc2c(C(C)CCNc3cc(-c4cnc(C(C)(C)C)nc4)ncn3)cccc12. The molecule has 3 heterocycles. The maximum Gasteiger partial charge on any atom is 0.251 e. The highest BCUT2D eigenvalue weighted by Crippen LogP contribution is 2.28. The first-order valence-electron chi connectivity index (χ1n) is 11.8. The zero-order valence-corrected chi connectivity index (χ0v) is 20.8. The Bertz CT molecular complexity index is 1330. The molecule has 2 N–H and O–H groups in total. The third kappa shape index (κ3) is 5.42. The lowest BCUT2D eigenvalue weighted by Crippen LogP contribution is -2.18. The van der Waals surface area contributed by atoms with Gasteiger partial charge in [-0.1, -0.05) is 45.9 Å². The summed E-state index contributed by atoms with van der Waals surface area (Å²) in [5, 5.41) is 6.97. The Kier molecular flexibility index (Phi) is 7.00. The maximum atomic E-state index is 12.3. The van der Waals surface area contributed by atoms with Gasteiger partial charge in [0, 0.05) is 54.6 Å². The molecule has 8 heteroatoms. The number of nitrogens with one attached hydrogen (secondary N) is 2. The number of hydrogen-bond acceptors (Lipinski definition) is 7. The Morgan fingerprint density at radius 3 is 2.51 bits per heavy atom. The van der Waals surface area contributed by atoms with Crippen LogP contribution in [0.5, 0.6) is 0 Å². The molecule has 1 amide bonds. The van der Waals surface area contributed by atoms with Crippen LogP contribution >= 0.6 is 0 Å². The molecule has 3 aromatic heterocycles. The van der Waals surface area contributed by atoms with Gasteiger partial charge in [0.15, 0.2) is 0 Å². The van der Waals surface area contributed by atoms with Crippen molar-refractivity contribution >= 4 is 22.6 Å². The van der Waals surface area contributed by atoms with Crippen molar-refractivity contribution in [1.82, 2.24) is 30.2 Å². The Morgan fingerprint density at radius 2 is 1.80 bits per heavy atom. The number of fused-ring (bicyclic) bond motifs is 1. The average Bonchev–Trinajstić information content (AvgIpc) is 2.87. The third-order valence-corrected chi connectivity index (χ3v) is 5.97. The van der Waals surface area contributed by atoms with E-state index in [4.69, 9.17) is 0 Å². The topological polar surface area (TPSA) is 106 Å². The molecule has 0 saturated carbocycles. The number of anilines is 1. The van der Waals surface area contributed by atoms with Crippen LogP contribution in [-0.4, -0.2) is 44.4 Å². The number of benzene rings is 1. The maximum absolute atomic E-state index is 12.3. The smallest absolute Gasteiger partial charge is 0.251 e. The molecular weight excluding hydrogens is 438 g/mol. The number of rotatable bonds is 7. The number of pyridine rings is 1. The quantitative estimate of drug-likeness (QED) is 0.402. The van der Waals surface area contributed by atoms with Crippen molar-refractivity contribution in [3.63, 3.8) is 0 Å². The summed E-state index contributed by atoms with van der Waals surface area (Å²) in [5.74, 6) is 1.67. The van der Waals surface area contributed by atoms with Gasteiger partial charge in [0.25, 0.3) is 5.91 Å². The number of carbonyl (C=O) groups is 1. The number of aromatic nitrogens is 5. The minimum absolute atomic E-state index is 0.100. The van der Waals surface area contributed by atoms with Crippen molar-refractivity contribution in [3.8, 4) is 11.3 Å². The van der Waals surface area contributed by atoms with E-state index in [1.165, 1.54) is 0 Å². The van der Waals surface area contributed by atoms with Crippen LogP contribution in [0.2, 0.25) is 0 Å². The van der Waals surface area contributed by atoms with Crippen molar-refractivity contribution in [2.75, 3.05) is 18.9 Å². The Hall–Kier alpha value is -3.94. The van der Waals surface area contributed by atoms with Crippen LogP contribution in [0.15, 0.2) is 55.2 Å². The second-order valence-corrected chi connectivity index (χ2v) is 9.63. The van der Waals surface area contributed by atoms with Gasteiger partial charge in [-0.2, -0.15) is 0 Å². The fourth-order valence-electron chi connectivity index (χ4n) is 3.96. The molecule has 1 aromatic carbocycles. The molecule has 0 aliphatic carbocycles. The molecule has 180 valence electrons. The Morgan fingerprint density at radius 1 is 1.03 bits per heavy atom. The molecule has 0 spiro atoms. The van der Waals surface area contributed by atoms with Gasteiger partial charge in [-0.25, -0.2) is 19.9 Å². The zero-order chi connectivity index (χ0) is 25.0. The lowest BCUT2D eigenvalue weighted by Gasteiger charge is -2.16. The molecule has 0 radical (unpaired) electrons. The molecule has 0 aliphatic heterocycles. The van der Waals surface area contributed by atoms with E-state index in [1.807, 2.05) is 30.6 Å². The number of nitrogens with zero attached hydrogens (tertiary/aromatic N) is 5. The summed E-state index contributed by atoms with van der Waals surface area (Å²) in [5.41, 5.74) is 4.15. The first kappa shape index (κ1) is 24.2. The largest absolute Gasteiger partial charge is 0.370 e. The summed E-state index contributed by atoms with van der Waals surface area (Å²) in [6.07, 6.45) is 7.73. The molecule has 0 fully saturated rings. The fourth-order valence-corrected chi connectivity index (χ4v) is 3.96. The van der Waals surface area contributed by atoms with E-state index < -0.39 is 0 Å². The minimum atomic E-state index is -0.109. The Labute approximate surface area is 205 Å². The van der Waals surface area contributed by atoms with Gasteiger partial charge < -0.3 is 10.6 Å². The number of hydrogen-bond donors (Lipinski definition) is 2. The molecule has 1 atom stereocenters. The Balaban J connectivity index is 1.45. The van der Waals surface area contributed by atoms with Crippen molar-refractivity contribution in [2.45, 2.75) is 45.4 Å². The summed E-state index contributed by atoms with van der Waals surface area (Å²) in [6.45, 7) is 9.16. The van der Waals surface area contributed by atoms with Crippen LogP contribution in [0.3, 0.4) is 0 Å². The molecule has 0 aliphatic rings. The van der Waals surface area contributed by atoms with E-state index in [-0.39, 0.29) is 17.2 Å². The van der Waals surface area contributed by atoms with Gasteiger partial charge in [-0.3, -0.25) is 9.78 Å². The van der Waals surface area contributed by atoms with Crippen LogP contribution in [0, 0.1) is 0 Å². The lowest BCUT2D eigenvalue weighted by molar-refractivity contribution is 0.0964. The molecule has 35 heavy (non-hydrogen) atoms. The van der Waals surface area contributed by atoms with E-state index in [1.54, 1.807) is 25.6 Å². The minimum Gasteiger partial charge on any atom is -0.370 e. The summed E-state index contributed by atoms with van der Waals surface area (Å²) in [6, 6.07) is 9.68. The van der Waals surface area contributed by atoms with Gasteiger partial charge in [0.1, 0.15) is 18.0 Å². The van der Waals surface area contributed by atoms with Crippen LogP contribution in [0.1, 0.15) is 61.8 Å². The van der Waals surface area contributed by atoms with Crippen LogP contribution in [-0.2, 0) is 5.41 Å². The predicted molar refractivity (Wildman–Crippen MR) is 138 cm³/mol. The molecule has 4 aromatic rings. The van der Waals surface area contributed by atoms with Gasteiger partial charge in [-0.15, -0.1) is 0 Å². The van der Waals surface area contributed by atoms with Gasteiger partial charge >= 0.3 is 0 Å². The molecular formula is C27H31N7O. The average molecular weight is 470 g/mol. The second-order valence-electron chi connectivity index (χ2n) is 9.63. The van der Waals surface area contributed by atoms with Gasteiger partial charge in [0.2, 0.25) is 0 Å². The van der Waals surface area contributed by atoms with Crippen LogP contribution in [0.25, 0.3) is 22.2 Å². The molecule has 1 unspecified atom stereocenters. The second kappa shape index (κ2) is 10.1. The molecule has 0 saturated heterocycles. The highest BCUT2D eigenvalue weighted by Gasteiger charge is 2.17. The monoisotopic (exact) mass is 469 g/mol. The molecule has 0 bridgehead atoms. The fraction of sp³-hybridized carbons (Fsp3) is 0.333. The molecule has 8 nitrogen and oxygen atoms in total. The predicted octanol–water partition coefficient (Wildman–Crippen LogP) is 4.74. The zero-order valence-electron chi connectivity index (χ0n) is 20.8. The van der Waals surface area contributed by atoms with E-state index in [2.05, 4.69) is 69.3 Å². The third-order valence-electron chi connectivity index (χ3n) is 5.97. The number of carbonyl (C=O) groups excluding carboxylic acids is 1. The standard InChI is InChI=1S/C27H31N7O/c1-17(19-7-6-8-20-21(25(35)28-5)10-12-30-24(19)20)9-11-29-23-13-22(33-16-34-23)18-14-31-26(32-15-18)27(2,3)4/h6-8,10,12-17H,9,11H2,1-5H3,(H,28,35)(H,29,33,34). The van der Waals surface area contributed by atoms with Crippen molar-refractivity contribution in [3.05, 3.63) is 72.2 Å². The van der Waals surface area contributed by atoms with Gasteiger partial charge in [-0.05, 0) is 24.0 Å². The van der Waals surface area contributed by atoms with E-state index in [9.17, 15) is 4.79 Å².